The molecule has 0 aliphatic carbocycles. The Morgan fingerprint density at radius 3 is 2.54 bits per heavy atom. The zero-order chi connectivity index (χ0) is 9.19. The molecule has 68 valence electrons. The molecule has 1 rings (SSSR count). The van der Waals surface area contributed by atoms with Crippen LogP contribution in [-0.4, -0.2) is 13.0 Å². The molecule has 0 saturated carbocycles. The number of aryl methyl sites for hydroxylation is 1. The van der Waals surface area contributed by atoms with Crippen molar-refractivity contribution >= 4 is 10.4 Å². The van der Waals surface area contributed by atoms with E-state index in [4.69, 9.17) is 4.55 Å². The van der Waals surface area contributed by atoms with Gasteiger partial charge in [0.2, 0.25) is 0 Å². The molecule has 0 fully saturated rings. The van der Waals surface area contributed by atoms with Gasteiger partial charge in [0.05, 0.1) is 0 Å². The van der Waals surface area contributed by atoms with Gasteiger partial charge in [-0.05, 0) is 24.6 Å². The van der Waals surface area contributed by atoms with Crippen molar-refractivity contribution in [2.75, 3.05) is 0 Å². The number of hydrogen-bond acceptors (Lipinski definition) is 3. The summed E-state index contributed by atoms with van der Waals surface area (Å²) >= 11 is 0. The molecule has 6 heteroatoms. The summed E-state index contributed by atoms with van der Waals surface area (Å²) in [6, 6.07) is 6.38. The van der Waals surface area contributed by atoms with Crippen LogP contribution in [0.5, 0.6) is 5.75 Å². The quantitative estimate of drug-likeness (QED) is 0.452. The third-order valence-corrected chi connectivity index (χ3v) is 1.59. The number of rotatable bonds is 2. The summed E-state index contributed by atoms with van der Waals surface area (Å²) in [7, 11) is -4.39. The molecule has 0 aliphatic heterocycles. The average molecular weight is 196 g/mol. The van der Waals surface area contributed by atoms with Gasteiger partial charge in [-0.15, -0.1) is 0 Å². The van der Waals surface area contributed by atoms with Gasteiger partial charge < -0.3 is 5.61 Å². The molecule has 0 unspecified atom stereocenters. The first-order valence-corrected chi connectivity index (χ1v) is 4.57. The Morgan fingerprint density at radius 1 is 1.46 bits per heavy atom. The monoisotopic (exact) mass is 196 g/mol. The summed E-state index contributed by atoms with van der Waals surface area (Å²) in [6.07, 6.45) is 0. The van der Waals surface area contributed by atoms with E-state index < -0.39 is 10.4 Å². The molecule has 1 aromatic carbocycles. The molecule has 0 saturated heterocycles. The first-order chi connectivity index (χ1) is 5.47. The molecule has 1 N–H and O–H groups in total. The summed E-state index contributed by atoms with van der Waals surface area (Å²) in [6.45, 7) is 1.79. The molecule has 0 radical (unpaired) electrons. The zero-order valence-electron chi connectivity index (χ0n) is 8.39. The van der Waals surface area contributed by atoms with Gasteiger partial charge >= 0.3 is 29.3 Å². The maximum Gasteiger partial charge on any atom is 1.00 e. The molecule has 0 atom stereocenters. The third kappa shape index (κ3) is 4.96. The SMILES string of the molecule is Cc1cccc(OS(=O)(=O)O)c1.[H-].[Li+]. The van der Waals surface area contributed by atoms with Gasteiger partial charge in [-0.25, -0.2) is 0 Å². The molecular formula is C7H9LiO4S. The van der Waals surface area contributed by atoms with Crippen molar-refractivity contribution in [3.8, 4) is 5.75 Å². The largest absolute Gasteiger partial charge is 1.00 e. The van der Waals surface area contributed by atoms with E-state index in [1.165, 1.54) is 12.1 Å². The predicted molar refractivity (Wildman–Crippen MR) is 44.5 cm³/mol. The first-order valence-electron chi connectivity index (χ1n) is 3.21. The second-order valence-corrected chi connectivity index (χ2v) is 3.35. The summed E-state index contributed by atoms with van der Waals surface area (Å²) in [4.78, 5) is 0. The van der Waals surface area contributed by atoms with Crippen molar-refractivity contribution in [1.29, 1.82) is 0 Å². The maximum absolute atomic E-state index is 10.2. The molecule has 0 spiro atoms. The Bertz CT molecular complexity index is 379. The smallest absolute Gasteiger partial charge is 1.00 e. The van der Waals surface area contributed by atoms with Crippen molar-refractivity contribution in [2.24, 2.45) is 0 Å². The molecule has 0 aromatic heterocycles. The summed E-state index contributed by atoms with van der Waals surface area (Å²) < 4.78 is 33.0. The van der Waals surface area contributed by atoms with E-state index in [0.29, 0.717) is 0 Å². The van der Waals surface area contributed by atoms with Gasteiger partial charge in [0, 0.05) is 0 Å². The minimum absolute atomic E-state index is 0. The summed E-state index contributed by atoms with van der Waals surface area (Å²) in [5.74, 6) is 0.109. The third-order valence-electron chi connectivity index (χ3n) is 1.19. The van der Waals surface area contributed by atoms with Gasteiger partial charge in [0.25, 0.3) is 0 Å². The van der Waals surface area contributed by atoms with Crippen LogP contribution >= 0.6 is 0 Å². The fourth-order valence-corrected chi connectivity index (χ4v) is 1.14. The summed E-state index contributed by atoms with van der Waals surface area (Å²) in [5, 5.41) is 0. The van der Waals surface area contributed by atoms with E-state index in [0.717, 1.165) is 5.56 Å². The second-order valence-electron chi connectivity index (χ2n) is 2.33. The van der Waals surface area contributed by atoms with Crippen LogP contribution < -0.4 is 23.0 Å². The van der Waals surface area contributed by atoms with Crippen molar-refractivity contribution in [3.05, 3.63) is 29.8 Å². The predicted octanol–water partition coefficient (Wildman–Crippen LogP) is -1.71. The molecular weight excluding hydrogens is 187 g/mol. The van der Waals surface area contributed by atoms with Crippen LogP contribution in [0.1, 0.15) is 6.99 Å². The van der Waals surface area contributed by atoms with Gasteiger partial charge in [-0.2, -0.15) is 8.42 Å². The molecule has 0 amide bonds. The molecule has 13 heavy (non-hydrogen) atoms. The Balaban J connectivity index is 0. The van der Waals surface area contributed by atoms with Gasteiger partial charge in [-0.3, -0.25) is 4.55 Å². The van der Waals surface area contributed by atoms with Gasteiger partial charge in [-0.1, -0.05) is 12.1 Å². The van der Waals surface area contributed by atoms with Crippen molar-refractivity contribution in [2.45, 2.75) is 6.92 Å². The molecule has 0 heterocycles. The van der Waals surface area contributed by atoms with Crippen LogP contribution in [0.2, 0.25) is 0 Å². The molecule has 4 nitrogen and oxygen atoms in total. The fraction of sp³-hybridized carbons (Fsp3) is 0.143. The number of benzene rings is 1. The van der Waals surface area contributed by atoms with Crippen LogP contribution in [0.4, 0.5) is 0 Å². The second kappa shape index (κ2) is 4.68. The van der Waals surface area contributed by atoms with Crippen molar-refractivity contribution in [3.63, 3.8) is 0 Å². The zero-order valence-corrected chi connectivity index (χ0v) is 8.21. The van der Waals surface area contributed by atoms with Crippen LogP contribution in [0.3, 0.4) is 0 Å². The van der Waals surface area contributed by atoms with Crippen LogP contribution in [0.15, 0.2) is 24.3 Å². The number of hydrogen-bond donors (Lipinski definition) is 1. The van der Waals surface area contributed by atoms with Crippen LogP contribution in [-0.2, 0) is 10.4 Å². The van der Waals surface area contributed by atoms with Gasteiger partial charge in [0.15, 0.2) is 0 Å². The fourth-order valence-electron chi connectivity index (χ4n) is 0.789. The van der Waals surface area contributed by atoms with E-state index in [-0.39, 0.29) is 26.0 Å². The first kappa shape index (κ1) is 12.5. The Morgan fingerprint density at radius 2 is 2.08 bits per heavy atom. The average Bonchev–Trinajstić information content (AvgIpc) is 1.82. The van der Waals surface area contributed by atoms with Gasteiger partial charge in [0.1, 0.15) is 5.75 Å². The maximum atomic E-state index is 10.2. The van der Waals surface area contributed by atoms with E-state index in [9.17, 15) is 8.42 Å². The topological polar surface area (TPSA) is 63.6 Å². The van der Waals surface area contributed by atoms with E-state index in [1.807, 2.05) is 0 Å². The molecule has 1 aromatic rings. The van der Waals surface area contributed by atoms with Crippen molar-refractivity contribution in [1.82, 2.24) is 0 Å². The normalized spacial score (nSPS) is 10.3. The van der Waals surface area contributed by atoms with Crippen molar-refractivity contribution < 1.29 is 37.4 Å². The Labute approximate surface area is 90.5 Å². The van der Waals surface area contributed by atoms with Crippen LogP contribution in [0, 0.1) is 6.92 Å². The Kier molecular flexibility index (Phi) is 4.51. The van der Waals surface area contributed by atoms with E-state index >= 15 is 0 Å². The molecule has 0 aliphatic rings. The molecule has 0 bridgehead atoms. The minimum atomic E-state index is -4.39. The summed E-state index contributed by atoms with van der Waals surface area (Å²) in [5.41, 5.74) is 0.858. The van der Waals surface area contributed by atoms with E-state index in [1.54, 1.807) is 19.1 Å². The van der Waals surface area contributed by atoms with Crippen LogP contribution in [0.25, 0.3) is 0 Å². The Hall–Kier alpha value is -0.473. The van der Waals surface area contributed by atoms with E-state index in [2.05, 4.69) is 4.18 Å². The minimum Gasteiger partial charge on any atom is -1.00 e. The standard InChI is InChI=1S/C7H8O4S.Li.H/c1-6-3-2-4-7(5-6)11-12(8,9)10;;/h2-5H,1H3,(H,8,9,10);;/q;+1;-1.